The highest BCUT2D eigenvalue weighted by Crippen LogP contribution is 2.25. The van der Waals surface area contributed by atoms with Crippen LogP contribution in [0.4, 0.5) is 27.5 Å². The molecule has 0 radical (unpaired) electrons. The number of nitrogens with zero attached hydrogens (tertiary/aromatic N) is 5. The Labute approximate surface area is 239 Å². The Balaban J connectivity index is 1.09. The van der Waals surface area contributed by atoms with Crippen molar-refractivity contribution in [2.45, 2.75) is 13.0 Å². The summed E-state index contributed by atoms with van der Waals surface area (Å²) < 4.78 is 19.6. The Morgan fingerprint density at radius 3 is 2.54 bits per heavy atom. The maximum absolute atomic E-state index is 14.3. The van der Waals surface area contributed by atoms with E-state index >= 15 is 0 Å². The molecule has 1 fully saturated rings. The van der Waals surface area contributed by atoms with Gasteiger partial charge in [0.05, 0.1) is 43.5 Å². The van der Waals surface area contributed by atoms with E-state index in [1.165, 1.54) is 6.20 Å². The Hall–Kier alpha value is -4.32. The Bertz CT molecular complexity index is 1400. The second kappa shape index (κ2) is 13.8. The van der Waals surface area contributed by atoms with Gasteiger partial charge in [-0.15, -0.1) is 0 Å². The number of morpholine rings is 1. The number of hydrogen-bond donors (Lipinski definition) is 4. The third kappa shape index (κ3) is 8.34. The minimum atomic E-state index is -0.483. The highest BCUT2D eigenvalue weighted by atomic mass is 19.1. The molecular weight excluding hydrogens is 523 g/mol. The van der Waals surface area contributed by atoms with E-state index in [1.807, 2.05) is 55.6 Å². The van der Waals surface area contributed by atoms with Crippen molar-refractivity contribution in [3.8, 4) is 16.9 Å². The van der Waals surface area contributed by atoms with Gasteiger partial charge in [-0.3, -0.25) is 15.3 Å². The average Bonchev–Trinajstić information content (AvgIpc) is 2.99. The number of rotatable bonds is 12. The largest absolute Gasteiger partial charge is 0.508 e. The van der Waals surface area contributed by atoms with Crippen LogP contribution in [-0.4, -0.2) is 76.4 Å². The highest BCUT2D eigenvalue weighted by molar-refractivity contribution is 5.69. The zero-order valence-corrected chi connectivity index (χ0v) is 23.1. The number of aromatic nitrogens is 3. The summed E-state index contributed by atoms with van der Waals surface area (Å²) in [5.74, 6) is 0.246. The molecule has 1 aliphatic rings. The number of anilines is 4. The monoisotopic (exact) mass is 558 g/mol. The smallest absolute Gasteiger partial charge is 0.239 e. The summed E-state index contributed by atoms with van der Waals surface area (Å²) in [5.41, 5.74) is 7.70. The summed E-state index contributed by atoms with van der Waals surface area (Å²) in [6, 6.07) is 19.1. The van der Waals surface area contributed by atoms with Gasteiger partial charge in [-0.1, -0.05) is 24.3 Å². The lowest BCUT2D eigenvalue weighted by molar-refractivity contribution is 0.0378. The van der Waals surface area contributed by atoms with E-state index in [1.54, 1.807) is 23.3 Å². The molecule has 214 valence electrons. The summed E-state index contributed by atoms with van der Waals surface area (Å²) in [4.78, 5) is 15.3. The minimum absolute atomic E-state index is 0.182. The molecule has 4 aromatic rings. The van der Waals surface area contributed by atoms with Crippen LogP contribution in [0.25, 0.3) is 11.1 Å². The SMILES string of the molecule is CN(Cc1ccc(Nc2ccc(-c3cccc(O)c3)cc2)cn1)Nc1ncc(F)c(NCCCN2CCOCC2)n1. The molecule has 1 aliphatic heterocycles. The minimum Gasteiger partial charge on any atom is -0.508 e. The molecule has 11 heteroatoms. The van der Waals surface area contributed by atoms with E-state index in [2.05, 4.69) is 35.9 Å². The number of nitrogens with one attached hydrogen (secondary N) is 3. The zero-order chi connectivity index (χ0) is 28.4. The topological polar surface area (TPSA) is 111 Å². The van der Waals surface area contributed by atoms with Crippen molar-refractivity contribution >= 4 is 23.1 Å². The lowest BCUT2D eigenvalue weighted by Crippen LogP contribution is -2.37. The average molecular weight is 559 g/mol. The van der Waals surface area contributed by atoms with E-state index in [9.17, 15) is 9.50 Å². The number of aromatic hydroxyl groups is 1. The Morgan fingerprint density at radius 2 is 1.78 bits per heavy atom. The predicted octanol–water partition coefficient (Wildman–Crippen LogP) is 4.72. The molecule has 0 spiro atoms. The zero-order valence-electron chi connectivity index (χ0n) is 23.1. The van der Waals surface area contributed by atoms with Gasteiger partial charge in [-0.05, 0) is 60.5 Å². The Morgan fingerprint density at radius 1 is 0.976 bits per heavy atom. The molecule has 0 aliphatic carbocycles. The fourth-order valence-electron chi connectivity index (χ4n) is 4.52. The van der Waals surface area contributed by atoms with E-state index in [0.29, 0.717) is 19.0 Å². The summed E-state index contributed by atoms with van der Waals surface area (Å²) >= 11 is 0. The number of hydrogen-bond acceptors (Lipinski definition) is 10. The molecular formula is C30H35FN8O2. The van der Waals surface area contributed by atoms with Crippen molar-refractivity contribution in [2.75, 3.05) is 62.5 Å². The lowest BCUT2D eigenvalue weighted by Gasteiger charge is -2.26. The van der Waals surface area contributed by atoms with Crippen molar-refractivity contribution in [1.82, 2.24) is 24.9 Å². The third-order valence-corrected chi connectivity index (χ3v) is 6.66. The number of halogens is 1. The Kier molecular flexibility index (Phi) is 9.53. The van der Waals surface area contributed by atoms with Gasteiger partial charge in [-0.25, -0.2) is 14.4 Å². The first kappa shape index (κ1) is 28.2. The van der Waals surface area contributed by atoms with Crippen LogP contribution >= 0.6 is 0 Å². The van der Waals surface area contributed by atoms with E-state index in [0.717, 1.165) is 67.5 Å². The molecule has 10 nitrogen and oxygen atoms in total. The fraction of sp³-hybridized carbons (Fsp3) is 0.300. The first-order valence-corrected chi connectivity index (χ1v) is 13.7. The van der Waals surface area contributed by atoms with Crippen LogP contribution in [0, 0.1) is 5.82 Å². The standard InChI is InChI=1S/C30H35FN8O2/c1-38(37-30-34-20-28(31)29(36-30)32-12-3-13-39-14-16-41-17-15-39)21-26-11-10-25(19-33-26)35-24-8-6-22(7-9-24)23-4-2-5-27(40)18-23/h2,4-11,18-20,35,40H,3,12-17,21H2,1H3,(H2,32,34,36,37). The van der Waals surface area contributed by atoms with Gasteiger partial charge in [0, 0.05) is 32.4 Å². The van der Waals surface area contributed by atoms with Crippen LogP contribution < -0.4 is 16.1 Å². The van der Waals surface area contributed by atoms with Crippen LogP contribution in [-0.2, 0) is 11.3 Å². The predicted molar refractivity (Wildman–Crippen MR) is 159 cm³/mol. The summed E-state index contributed by atoms with van der Waals surface area (Å²) in [5, 5.41) is 17.9. The molecule has 2 aromatic heterocycles. The number of phenols is 1. The van der Waals surface area contributed by atoms with Crippen molar-refractivity contribution in [3.63, 3.8) is 0 Å². The molecule has 0 atom stereocenters. The van der Waals surface area contributed by atoms with Crippen LogP contribution in [0.15, 0.2) is 73.1 Å². The van der Waals surface area contributed by atoms with Crippen molar-refractivity contribution in [2.24, 2.45) is 0 Å². The highest BCUT2D eigenvalue weighted by Gasteiger charge is 2.11. The second-order valence-corrected chi connectivity index (χ2v) is 9.88. The number of pyridine rings is 1. The summed E-state index contributed by atoms with van der Waals surface area (Å²) in [7, 11) is 1.85. The van der Waals surface area contributed by atoms with E-state index in [-0.39, 0.29) is 11.6 Å². The van der Waals surface area contributed by atoms with Crippen LogP contribution in [0.5, 0.6) is 5.75 Å². The number of ether oxygens (including phenoxy) is 1. The van der Waals surface area contributed by atoms with Crippen molar-refractivity contribution in [3.05, 3.63) is 84.6 Å². The molecule has 0 bridgehead atoms. The molecule has 4 N–H and O–H groups in total. The number of hydrazine groups is 1. The van der Waals surface area contributed by atoms with Gasteiger partial charge >= 0.3 is 0 Å². The fourth-order valence-corrected chi connectivity index (χ4v) is 4.52. The molecule has 5 rings (SSSR count). The van der Waals surface area contributed by atoms with Gasteiger partial charge in [-0.2, -0.15) is 4.98 Å². The maximum Gasteiger partial charge on any atom is 0.239 e. The van der Waals surface area contributed by atoms with Crippen LogP contribution in [0.3, 0.4) is 0 Å². The molecule has 2 aromatic carbocycles. The second-order valence-electron chi connectivity index (χ2n) is 9.88. The number of benzene rings is 2. The first-order chi connectivity index (χ1) is 20.0. The maximum atomic E-state index is 14.3. The quantitative estimate of drug-likeness (QED) is 0.144. The summed E-state index contributed by atoms with van der Waals surface area (Å²) in [6.45, 7) is 5.45. The number of phenolic OH excluding ortho intramolecular Hbond substituents is 1. The van der Waals surface area contributed by atoms with E-state index < -0.39 is 5.82 Å². The first-order valence-electron chi connectivity index (χ1n) is 13.7. The van der Waals surface area contributed by atoms with Gasteiger partial charge in [0.1, 0.15) is 5.75 Å². The lowest BCUT2D eigenvalue weighted by atomic mass is 10.1. The van der Waals surface area contributed by atoms with E-state index in [4.69, 9.17) is 4.74 Å². The van der Waals surface area contributed by atoms with Crippen molar-refractivity contribution in [1.29, 1.82) is 0 Å². The van der Waals surface area contributed by atoms with Gasteiger partial charge in [0.25, 0.3) is 0 Å². The molecule has 0 amide bonds. The third-order valence-electron chi connectivity index (χ3n) is 6.66. The molecule has 0 unspecified atom stereocenters. The van der Waals surface area contributed by atoms with Crippen LogP contribution in [0.2, 0.25) is 0 Å². The normalized spacial score (nSPS) is 13.7. The molecule has 41 heavy (non-hydrogen) atoms. The van der Waals surface area contributed by atoms with Gasteiger partial charge in [0.15, 0.2) is 11.6 Å². The van der Waals surface area contributed by atoms with Gasteiger partial charge < -0.3 is 20.5 Å². The van der Waals surface area contributed by atoms with Crippen molar-refractivity contribution < 1.29 is 14.2 Å². The van der Waals surface area contributed by atoms with Gasteiger partial charge in [0.2, 0.25) is 5.95 Å². The van der Waals surface area contributed by atoms with Crippen LogP contribution in [0.1, 0.15) is 12.1 Å². The summed E-state index contributed by atoms with van der Waals surface area (Å²) in [6.07, 6.45) is 3.83. The molecule has 1 saturated heterocycles. The molecule has 3 heterocycles. The molecule has 0 saturated carbocycles.